The topological polar surface area (TPSA) is 70.7 Å². The van der Waals surface area contributed by atoms with Crippen molar-refractivity contribution in [2.24, 2.45) is 0 Å². The van der Waals surface area contributed by atoms with Crippen molar-refractivity contribution >= 4 is 22.9 Å². The average Bonchev–Trinajstić information content (AvgIpc) is 3.32. The zero-order chi connectivity index (χ0) is 18.8. The number of H-pyrrole nitrogens is 1. The maximum atomic E-state index is 13.1. The Labute approximate surface area is 158 Å². The molecule has 0 spiro atoms. The van der Waals surface area contributed by atoms with Crippen molar-refractivity contribution in [1.82, 2.24) is 15.2 Å². The van der Waals surface area contributed by atoms with Gasteiger partial charge in [-0.15, -0.1) is 11.3 Å². The fourth-order valence-electron chi connectivity index (χ4n) is 2.75. The molecule has 4 aromatic rings. The molecule has 0 saturated heterocycles. The lowest BCUT2D eigenvalue weighted by Gasteiger charge is -2.07. The van der Waals surface area contributed by atoms with E-state index in [0.717, 1.165) is 16.3 Å². The lowest BCUT2D eigenvalue weighted by molar-refractivity contribution is 0.102. The number of hydrogen-bond donors (Lipinski definition) is 2. The van der Waals surface area contributed by atoms with Gasteiger partial charge in [-0.3, -0.25) is 9.89 Å². The molecule has 0 saturated carbocycles. The Morgan fingerprint density at radius 3 is 2.70 bits per heavy atom. The predicted octanol–water partition coefficient (Wildman–Crippen LogP) is 4.90. The van der Waals surface area contributed by atoms with Crippen molar-refractivity contribution in [3.8, 4) is 22.5 Å². The Kier molecular flexibility index (Phi) is 4.52. The third-order valence-electron chi connectivity index (χ3n) is 4.05. The van der Waals surface area contributed by atoms with Crippen LogP contribution in [-0.2, 0) is 0 Å². The van der Waals surface area contributed by atoms with Gasteiger partial charge in [-0.25, -0.2) is 9.37 Å². The van der Waals surface area contributed by atoms with Crippen molar-refractivity contribution < 1.29 is 9.18 Å². The molecular weight excluding hydrogens is 363 g/mol. The first-order valence-corrected chi connectivity index (χ1v) is 9.11. The zero-order valence-corrected chi connectivity index (χ0v) is 15.2. The predicted molar refractivity (Wildman–Crippen MR) is 104 cm³/mol. The Morgan fingerprint density at radius 1 is 1.15 bits per heavy atom. The lowest BCUT2D eigenvalue weighted by atomic mass is 10.1. The quantitative estimate of drug-likeness (QED) is 0.531. The normalized spacial score (nSPS) is 10.7. The van der Waals surface area contributed by atoms with Gasteiger partial charge in [0.25, 0.3) is 5.91 Å². The molecule has 4 rings (SSSR count). The van der Waals surface area contributed by atoms with Gasteiger partial charge in [0.1, 0.15) is 5.82 Å². The van der Waals surface area contributed by atoms with Gasteiger partial charge in [-0.2, -0.15) is 5.10 Å². The number of aromatic amines is 1. The van der Waals surface area contributed by atoms with Crippen molar-refractivity contribution in [3.05, 3.63) is 76.5 Å². The highest BCUT2D eigenvalue weighted by molar-refractivity contribution is 7.09. The van der Waals surface area contributed by atoms with E-state index in [1.165, 1.54) is 18.3 Å². The second-order valence-corrected chi connectivity index (χ2v) is 7.01. The molecule has 0 radical (unpaired) electrons. The Morgan fingerprint density at radius 2 is 1.96 bits per heavy atom. The minimum absolute atomic E-state index is 0.297. The van der Waals surface area contributed by atoms with Crippen LogP contribution >= 0.6 is 11.3 Å². The molecule has 0 aliphatic heterocycles. The van der Waals surface area contributed by atoms with Gasteiger partial charge in [-0.1, -0.05) is 12.1 Å². The van der Waals surface area contributed by atoms with Crippen LogP contribution in [0.5, 0.6) is 0 Å². The van der Waals surface area contributed by atoms with Crippen LogP contribution in [0.1, 0.15) is 15.4 Å². The van der Waals surface area contributed by atoms with Crippen LogP contribution in [0.3, 0.4) is 0 Å². The van der Waals surface area contributed by atoms with E-state index in [4.69, 9.17) is 0 Å². The molecule has 27 heavy (non-hydrogen) atoms. The fourth-order valence-corrected chi connectivity index (χ4v) is 3.37. The third kappa shape index (κ3) is 3.63. The summed E-state index contributed by atoms with van der Waals surface area (Å²) in [5.74, 6) is -0.631. The van der Waals surface area contributed by atoms with Gasteiger partial charge in [0, 0.05) is 22.2 Å². The van der Waals surface area contributed by atoms with E-state index in [0.29, 0.717) is 22.5 Å². The van der Waals surface area contributed by atoms with Crippen LogP contribution in [0.4, 0.5) is 10.1 Å². The molecule has 2 N–H and O–H groups in total. The highest BCUT2D eigenvalue weighted by Crippen LogP contribution is 2.26. The van der Waals surface area contributed by atoms with Crippen LogP contribution in [0, 0.1) is 12.7 Å². The largest absolute Gasteiger partial charge is 0.322 e. The molecule has 7 heteroatoms. The number of carbonyl (C=O) groups excluding carboxylic acids is 1. The highest BCUT2D eigenvalue weighted by Gasteiger charge is 2.16. The summed E-state index contributed by atoms with van der Waals surface area (Å²) in [5.41, 5.74) is 4.09. The van der Waals surface area contributed by atoms with Crippen molar-refractivity contribution in [2.45, 2.75) is 6.92 Å². The molecule has 5 nitrogen and oxygen atoms in total. The maximum absolute atomic E-state index is 13.1. The zero-order valence-electron chi connectivity index (χ0n) is 14.4. The standard InChI is InChI=1S/C20H15FN4OS/c1-12-23-18(11-27-12)14-3-2-4-16(9-14)24-20(26)17-10-22-25-19(17)13-5-7-15(21)8-6-13/h2-11H,1H3,(H,22,25)(H,24,26). The first kappa shape index (κ1) is 17.1. The second kappa shape index (κ2) is 7.13. The summed E-state index contributed by atoms with van der Waals surface area (Å²) in [4.78, 5) is 17.2. The van der Waals surface area contributed by atoms with E-state index in [2.05, 4.69) is 20.5 Å². The lowest BCUT2D eigenvalue weighted by Crippen LogP contribution is -2.12. The minimum Gasteiger partial charge on any atom is -0.322 e. The summed E-state index contributed by atoms with van der Waals surface area (Å²) in [5, 5.41) is 12.6. The van der Waals surface area contributed by atoms with Crippen molar-refractivity contribution in [2.75, 3.05) is 5.32 Å². The first-order chi connectivity index (χ1) is 13.1. The summed E-state index contributed by atoms with van der Waals surface area (Å²) in [6, 6.07) is 13.4. The number of amides is 1. The van der Waals surface area contributed by atoms with Gasteiger partial charge in [-0.05, 0) is 43.3 Å². The van der Waals surface area contributed by atoms with E-state index in [-0.39, 0.29) is 11.7 Å². The second-order valence-electron chi connectivity index (χ2n) is 5.95. The van der Waals surface area contributed by atoms with Crippen LogP contribution in [0.15, 0.2) is 60.1 Å². The smallest absolute Gasteiger partial charge is 0.259 e. The van der Waals surface area contributed by atoms with Gasteiger partial charge in [0.05, 0.1) is 28.2 Å². The number of aryl methyl sites for hydroxylation is 1. The molecule has 2 heterocycles. The number of hydrogen-bond acceptors (Lipinski definition) is 4. The van der Waals surface area contributed by atoms with E-state index < -0.39 is 0 Å². The number of nitrogens with one attached hydrogen (secondary N) is 2. The number of halogens is 1. The van der Waals surface area contributed by atoms with Gasteiger partial charge >= 0.3 is 0 Å². The van der Waals surface area contributed by atoms with E-state index in [9.17, 15) is 9.18 Å². The number of thiazole rings is 1. The van der Waals surface area contributed by atoms with Crippen LogP contribution in [0.2, 0.25) is 0 Å². The summed E-state index contributed by atoms with van der Waals surface area (Å²) in [7, 11) is 0. The van der Waals surface area contributed by atoms with Crippen LogP contribution in [-0.4, -0.2) is 21.1 Å². The molecule has 0 bridgehead atoms. The van der Waals surface area contributed by atoms with E-state index in [1.807, 2.05) is 36.6 Å². The SMILES string of the molecule is Cc1nc(-c2cccc(NC(=O)c3cn[nH]c3-c3ccc(F)cc3)c2)cs1. The summed E-state index contributed by atoms with van der Waals surface area (Å²) in [6.45, 7) is 1.95. The average molecular weight is 378 g/mol. The molecule has 134 valence electrons. The maximum Gasteiger partial charge on any atom is 0.259 e. The Hall–Kier alpha value is -3.32. The summed E-state index contributed by atoms with van der Waals surface area (Å²) in [6.07, 6.45) is 1.46. The van der Waals surface area contributed by atoms with Crippen LogP contribution < -0.4 is 5.32 Å². The number of nitrogens with zero attached hydrogens (tertiary/aromatic N) is 2. The van der Waals surface area contributed by atoms with E-state index >= 15 is 0 Å². The highest BCUT2D eigenvalue weighted by atomic mass is 32.1. The molecule has 0 atom stereocenters. The molecule has 2 aromatic carbocycles. The van der Waals surface area contributed by atoms with Crippen LogP contribution in [0.25, 0.3) is 22.5 Å². The minimum atomic E-state index is -0.335. The monoisotopic (exact) mass is 378 g/mol. The Balaban J connectivity index is 1.59. The third-order valence-corrected chi connectivity index (χ3v) is 4.83. The molecule has 0 unspecified atom stereocenters. The number of rotatable bonds is 4. The fraction of sp³-hybridized carbons (Fsp3) is 0.0500. The first-order valence-electron chi connectivity index (χ1n) is 8.23. The van der Waals surface area contributed by atoms with Crippen molar-refractivity contribution in [1.29, 1.82) is 0 Å². The van der Waals surface area contributed by atoms with Gasteiger partial charge in [0.2, 0.25) is 0 Å². The molecule has 1 amide bonds. The number of anilines is 1. The number of carbonyl (C=O) groups is 1. The number of aromatic nitrogens is 3. The summed E-state index contributed by atoms with van der Waals surface area (Å²) >= 11 is 1.58. The molecular formula is C20H15FN4OS. The summed E-state index contributed by atoms with van der Waals surface area (Å²) < 4.78 is 13.1. The molecule has 2 aromatic heterocycles. The van der Waals surface area contributed by atoms with E-state index in [1.54, 1.807) is 23.5 Å². The Bertz CT molecular complexity index is 1100. The molecule has 0 aliphatic rings. The van der Waals surface area contributed by atoms with Gasteiger partial charge in [0.15, 0.2) is 0 Å². The van der Waals surface area contributed by atoms with Crippen molar-refractivity contribution in [3.63, 3.8) is 0 Å². The van der Waals surface area contributed by atoms with Gasteiger partial charge < -0.3 is 5.32 Å². The molecule has 0 fully saturated rings. The molecule has 0 aliphatic carbocycles. The number of benzene rings is 2.